The summed E-state index contributed by atoms with van der Waals surface area (Å²) in [4.78, 5) is 2.31. The van der Waals surface area contributed by atoms with Crippen molar-refractivity contribution < 1.29 is 0 Å². The molecule has 0 saturated carbocycles. The van der Waals surface area contributed by atoms with Crippen LogP contribution in [0.5, 0.6) is 0 Å². The first-order valence-electron chi connectivity index (χ1n) is 8.56. The summed E-state index contributed by atoms with van der Waals surface area (Å²) in [6.45, 7) is 1.18. The number of rotatable bonds is 4. The number of hydrogen-bond donors (Lipinski definition) is 0. The van der Waals surface area contributed by atoms with E-state index in [4.69, 9.17) is 0 Å². The molecule has 1 heteroatoms. The monoisotopic (exact) mass is 291 g/mol. The van der Waals surface area contributed by atoms with Crippen molar-refractivity contribution in [2.24, 2.45) is 0 Å². The molecule has 0 atom stereocenters. The molecule has 0 amide bonds. The van der Waals surface area contributed by atoms with Gasteiger partial charge in [-0.2, -0.15) is 0 Å². The van der Waals surface area contributed by atoms with Crippen LogP contribution in [0, 0.1) is 0 Å². The van der Waals surface area contributed by atoms with Crippen molar-refractivity contribution in [3.05, 3.63) is 70.8 Å². The molecule has 1 nitrogen and oxygen atoms in total. The van der Waals surface area contributed by atoms with E-state index < -0.39 is 0 Å². The maximum absolute atomic E-state index is 2.40. The molecule has 2 bridgehead atoms. The Kier molecular flexibility index (Phi) is 3.34. The summed E-state index contributed by atoms with van der Waals surface area (Å²) in [6.07, 6.45) is 5.17. The summed E-state index contributed by atoms with van der Waals surface area (Å²) in [6, 6.07) is 18.4. The second-order valence-electron chi connectivity index (χ2n) is 7.25. The molecule has 5 rings (SSSR count). The van der Waals surface area contributed by atoms with E-state index in [0.29, 0.717) is 5.92 Å². The lowest BCUT2D eigenvalue weighted by Gasteiger charge is -2.50. The predicted molar refractivity (Wildman–Crippen MR) is 92.5 cm³/mol. The van der Waals surface area contributed by atoms with E-state index in [2.05, 4.69) is 67.5 Å². The van der Waals surface area contributed by atoms with Crippen LogP contribution in [0.4, 0.5) is 0 Å². The maximum atomic E-state index is 2.40. The molecule has 0 spiro atoms. The number of fused-ring (bicyclic) bond motifs is 1. The third-order valence-corrected chi connectivity index (χ3v) is 5.77. The van der Waals surface area contributed by atoms with Crippen LogP contribution in [-0.4, -0.2) is 25.5 Å². The average Bonchev–Trinajstić information content (AvgIpc) is 2.55. The van der Waals surface area contributed by atoms with Crippen LogP contribution in [-0.2, 0) is 5.41 Å². The Morgan fingerprint density at radius 2 is 1.55 bits per heavy atom. The second-order valence-corrected chi connectivity index (χ2v) is 7.25. The van der Waals surface area contributed by atoms with Gasteiger partial charge in [0.25, 0.3) is 0 Å². The van der Waals surface area contributed by atoms with Crippen molar-refractivity contribution in [3.8, 4) is 0 Å². The predicted octanol–water partition coefficient (Wildman–Crippen LogP) is 4.55. The quantitative estimate of drug-likeness (QED) is 0.798. The van der Waals surface area contributed by atoms with E-state index >= 15 is 0 Å². The highest BCUT2D eigenvalue weighted by atomic mass is 15.0. The van der Waals surface area contributed by atoms with Gasteiger partial charge in [0.2, 0.25) is 0 Å². The Bertz CT molecular complexity index is 638. The normalized spacial score (nSPS) is 25.1. The minimum absolute atomic E-state index is 0.262. The molecule has 0 radical (unpaired) electrons. The van der Waals surface area contributed by atoms with Gasteiger partial charge < -0.3 is 4.90 Å². The first-order valence-corrected chi connectivity index (χ1v) is 8.56. The summed E-state index contributed by atoms with van der Waals surface area (Å²) in [7, 11) is 4.36. The zero-order chi connectivity index (χ0) is 15.2. The Hall–Kier alpha value is -1.60. The molecule has 0 saturated heterocycles. The summed E-state index contributed by atoms with van der Waals surface area (Å²) in [5.41, 5.74) is 6.68. The van der Waals surface area contributed by atoms with Crippen LogP contribution in [0.3, 0.4) is 0 Å². The highest BCUT2D eigenvalue weighted by Gasteiger charge is 2.47. The Labute approximate surface area is 134 Å². The first kappa shape index (κ1) is 14.0. The van der Waals surface area contributed by atoms with Crippen LogP contribution in [0.2, 0.25) is 0 Å². The lowest BCUT2D eigenvalue weighted by atomic mass is 9.54. The van der Waals surface area contributed by atoms with Crippen molar-refractivity contribution in [1.29, 1.82) is 0 Å². The van der Waals surface area contributed by atoms with E-state index in [-0.39, 0.29) is 5.41 Å². The van der Waals surface area contributed by atoms with E-state index in [1.54, 1.807) is 22.3 Å². The van der Waals surface area contributed by atoms with Gasteiger partial charge in [0.05, 0.1) is 0 Å². The van der Waals surface area contributed by atoms with E-state index in [1.807, 2.05) is 0 Å². The third-order valence-electron chi connectivity index (χ3n) is 5.77. The fraction of sp³-hybridized carbons (Fsp3) is 0.429. The minimum Gasteiger partial charge on any atom is -0.309 e. The van der Waals surface area contributed by atoms with Crippen molar-refractivity contribution in [3.63, 3.8) is 0 Å². The lowest BCUT2D eigenvalue weighted by molar-refractivity contribution is 0.313. The highest BCUT2D eigenvalue weighted by Crippen LogP contribution is 2.57. The largest absolute Gasteiger partial charge is 0.309 e. The smallest absolute Gasteiger partial charge is 0.0209 e. The molecule has 2 aromatic rings. The van der Waals surface area contributed by atoms with Crippen molar-refractivity contribution in [2.45, 2.75) is 37.0 Å². The van der Waals surface area contributed by atoms with Crippen molar-refractivity contribution in [1.82, 2.24) is 4.90 Å². The van der Waals surface area contributed by atoms with Gasteiger partial charge in [-0.25, -0.2) is 0 Å². The second kappa shape index (κ2) is 5.24. The van der Waals surface area contributed by atoms with Gasteiger partial charge in [0.1, 0.15) is 0 Å². The van der Waals surface area contributed by atoms with Gasteiger partial charge in [-0.3, -0.25) is 0 Å². The van der Waals surface area contributed by atoms with Crippen LogP contribution < -0.4 is 0 Å². The number of benzene rings is 2. The van der Waals surface area contributed by atoms with E-state index in [0.717, 1.165) is 0 Å². The molecule has 3 aliphatic carbocycles. The van der Waals surface area contributed by atoms with Gasteiger partial charge in [0, 0.05) is 11.3 Å². The molecule has 0 N–H and O–H groups in total. The fourth-order valence-corrected chi connectivity index (χ4v) is 4.85. The SMILES string of the molecule is CN(C)CCCC12CCC(c3ccccc31)c1ccccc12. The maximum Gasteiger partial charge on any atom is 0.0209 e. The molecule has 2 aromatic carbocycles. The summed E-state index contributed by atoms with van der Waals surface area (Å²) in [5, 5.41) is 0. The van der Waals surface area contributed by atoms with Crippen LogP contribution in [0.25, 0.3) is 0 Å². The standard InChI is InChI=1S/C21H25N/c1-22(2)15-7-13-21-14-12-16(17-8-3-5-10-19(17)21)18-9-4-6-11-20(18)21/h3-6,8-11,16H,7,12-15H2,1-2H3. The van der Waals surface area contributed by atoms with Crippen molar-refractivity contribution >= 4 is 0 Å². The Morgan fingerprint density at radius 3 is 2.14 bits per heavy atom. The number of hydrogen-bond acceptors (Lipinski definition) is 1. The molecule has 3 aliphatic rings. The zero-order valence-corrected chi connectivity index (χ0v) is 13.7. The molecule has 22 heavy (non-hydrogen) atoms. The molecule has 114 valence electrons. The topological polar surface area (TPSA) is 3.24 Å². The molecule has 0 heterocycles. The van der Waals surface area contributed by atoms with Gasteiger partial charge in [-0.15, -0.1) is 0 Å². The van der Waals surface area contributed by atoms with E-state index in [1.165, 1.54) is 32.2 Å². The third kappa shape index (κ3) is 1.95. The van der Waals surface area contributed by atoms with Gasteiger partial charge in [-0.05, 0) is 68.6 Å². The fourth-order valence-electron chi connectivity index (χ4n) is 4.85. The average molecular weight is 291 g/mol. The van der Waals surface area contributed by atoms with Gasteiger partial charge in [-0.1, -0.05) is 48.5 Å². The van der Waals surface area contributed by atoms with Crippen LogP contribution in [0.15, 0.2) is 48.5 Å². The molecule has 0 aliphatic heterocycles. The summed E-state index contributed by atoms with van der Waals surface area (Å²) >= 11 is 0. The van der Waals surface area contributed by atoms with Gasteiger partial charge >= 0.3 is 0 Å². The summed E-state index contributed by atoms with van der Waals surface area (Å²) < 4.78 is 0. The molecular formula is C21H25N. The molecular weight excluding hydrogens is 266 g/mol. The Balaban J connectivity index is 1.82. The molecule has 0 fully saturated rings. The first-order chi connectivity index (χ1) is 10.7. The van der Waals surface area contributed by atoms with Crippen LogP contribution >= 0.6 is 0 Å². The highest BCUT2D eigenvalue weighted by molar-refractivity contribution is 5.58. The Morgan fingerprint density at radius 1 is 0.955 bits per heavy atom. The van der Waals surface area contributed by atoms with Crippen molar-refractivity contribution in [2.75, 3.05) is 20.6 Å². The van der Waals surface area contributed by atoms with E-state index in [9.17, 15) is 0 Å². The minimum atomic E-state index is 0.262. The zero-order valence-electron chi connectivity index (χ0n) is 13.7. The lowest BCUT2D eigenvalue weighted by Crippen LogP contribution is -2.40. The van der Waals surface area contributed by atoms with Gasteiger partial charge in [0.15, 0.2) is 0 Å². The summed E-state index contributed by atoms with van der Waals surface area (Å²) in [5.74, 6) is 0.628. The molecule has 0 unspecified atom stereocenters. The number of nitrogens with zero attached hydrogens (tertiary/aromatic N) is 1. The van der Waals surface area contributed by atoms with Crippen LogP contribution in [0.1, 0.15) is 53.9 Å². The molecule has 0 aromatic heterocycles.